The Hall–Kier alpha value is -3.29. The van der Waals surface area contributed by atoms with Crippen molar-refractivity contribution in [2.24, 2.45) is 5.73 Å². The number of halogens is 2. The number of aryl methyl sites for hydroxylation is 1. The monoisotopic (exact) mass is 361 g/mol. The minimum absolute atomic E-state index is 0.0587. The highest BCUT2D eigenvalue weighted by atomic mass is 19.2. The highest BCUT2D eigenvalue weighted by Gasteiger charge is 2.09. The van der Waals surface area contributed by atoms with Gasteiger partial charge in [-0.1, -0.05) is 12.1 Å². The SMILES string of the molecule is NC(=O)CNC(=O)c1cccc(NC(=O)CCc2ccc(F)c(F)c2)c1. The van der Waals surface area contributed by atoms with Crippen molar-refractivity contribution >= 4 is 23.4 Å². The largest absolute Gasteiger partial charge is 0.368 e. The summed E-state index contributed by atoms with van der Waals surface area (Å²) in [5.74, 6) is -3.41. The van der Waals surface area contributed by atoms with E-state index < -0.39 is 23.4 Å². The van der Waals surface area contributed by atoms with Crippen LogP contribution in [0.3, 0.4) is 0 Å². The van der Waals surface area contributed by atoms with E-state index in [2.05, 4.69) is 10.6 Å². The average molecular weight is 361 g/mol. The fraction of sp³-hybridized carbons (Fsp3) is 0.167. The Kier molecular flexibility index (Phi) is 6.37. The van der Waals surface area contributed by atoms with Crippen molar-refractivity contribution in [1.29, 1.82) is 0 Å². The molecule has 0 radical (unpaired) electrons. The molecular weight excluding hydrogens is 344 g/mol. The third-order valence-corrected chi connectivity index (χ3v) is 3.46. The normalized spacial score (nSPS) is 10.2. The lowest BCUT2D eigenvalue weighted by molar-refractivity contribution is -0.117. The van der Waals surface area contributed by atoms with Gasteiger partial charge in [-0.3, -0.25) is 14.4 Å². The van der Waals surface area contributed by atoms with Crippen LogP contribution in [-0.4, -0.2) is 24.3 Å². The molecule has 0 aliphatic rings. The van der Waals surface area contributed by atoms with Crippen molar-refractivity contribution in [2.45, 2.75) is 12.8 Å². The van der Waals surface area contributed by atoms with Crippen molar-refractivity contribution in [3.05, 3.63) is 65.2 Å². The summed E-state index contributed by atoms with van der Waals surface area (Å²) in [6.45, 7) is -0.288. The molecule has 6 nitrogen and oxygen atoms in total. The fourth-order valence-electron chi connectivity index (χ4n) is 2.18. The first-order chi connectivity index (χ1) is 12.3. The molecule has 8 heteroatoms. The number of amides is 3. The molecule has 0 saturated carbocycles. The zero-order valence-corrected chi connectivity index (χ0v) is 13.7. The summed E-state index contributed by atoms with van der Waals surface area (Å²) in [6.07, 6.45) is 0.297. The van der Waals surface area contributed by atoms with Crippen LogP contribution in [-0.2, 0) is 16.0 Å². The van der Waals surface area contributed by atoms with Crippen LogP contribution in [0.2, 0.25) is 0 Å². The first-order valence-electron chi connectivity index (χ1n) is 7.75. The Bertz CT molecular complexity index is 840. The average Bonchev–Trinajstić information content (AvgIpc) is 2.61. The minimum atomic E-state index is -0.961. The van der Waals surface area contributed by atoms with E-state index in [1.807, 2.05) is 0 Å². The van der Waals surface area contributed by atoms with Crippen molar-refractivity contribution < 1.29 is 23.2 Å². The topological polar surface area (TPSA) is 101 Å². The van der Waals surface area contributed by atoms with E-state index in [0.717, 1.165) is 12.1 Å². The highest BCUT2D eigenvalue weighted by molar-refractivity contribution is 5.98. The molecule has 0 aliphatic carbocycles. The van der Waals surface area contributed by atoms with Gasteiger partial charge in [0.2, 0.25) is 11.8 Å². The Morgan fingerprint density at radius 1 is 1.00 bits per heavy atom. The van der Waals surface area contributed by atoms with Crippen molar-refractivity contribution in [1.82, 2.24) is 5.32 Å². The molecule has 0 fully saturated rings. The van der Waals surface area contributed by atoms with Gasteiger partial charge in [-0.05, 0) is 42.3 Å². The summed E-state index contributed by atoms with van der Waals surface area (Å²) >= 11 is 0. The number of carbonyl (C=O) groups is 3. The van der Waals surface area contributed by atoms with Crippen molar-refractivity contribution in [2.75, 3.05) is 11.9 Å². The molecule has 2 aromatic carbocycles. The second kappa shape index (κ2) is 8.70. The number of nitrogens with two attached hydrogens (primary N) is 1. The first kappa shape index (κ1) is 19.0. The molecular formula is C18H17F2N3O3. The van der Waals surface area contributed by atoms with Crippen LogP contribution in [0.4, 0.5) is 14.5 Å². The molecule has 2 rings (SSSR count). The maximum absolute atomic E-state index is 13.1. The smallest absolute Gasteiger partial charge is 0.251 e. The molecule has 2 aromatic rings. The molecule has 4 N–H and O–H groups in total. The molecule has 136 valence electrons. The number of hydrogen-bond acceptors (Lipinski definition) is 3. The van der Waals surface area contributed by atoms with Crippen LogP contribution in [0.15, 0.2) is 42.5 Å². The van der Waals surface area contributed by atoms with Gasteiger partial charge in [-0.2, -0.15) is 0 Å². The van der Waals surface area contributed by atoms with E-state index in [0.29, 0.717) is 11.3 Å². The summed E-state index contributed by atoms with van der Waals surface area (Å²) in [7, 11) is 0. The van der Waals surface area contributed by atoms with Gasteiger partial charge in [0, 0.05) is 17.7 Å². The zero-order valence-electron chi connectivity index (χ0n) is 13.7. The van der Waals surface area contributed by atoms with Crippen LogP contribution >= 0.6 is 0 Å². The van der Waals surface area contributed by atoms with Gasteiger partial charge in [-0.25, -0.2) is 8.78 Å². The lowest BCUT2D eigenvalue weighted by Gasteiger charge is -2.08. The number of anilines is 1. The van der Waals surface area contributed by atoms with Gasteiger partial charge in [0.05, 0.1) is 6.54 Å². The molecule has 0 atom stereocenters. The quantitative estimate of drug-likeness (QED) is 0.700. The zero-order chi connectivity index (χ0) is 19.1. The standard InChI is InChI=1S/C18H17F2N3O3/c19-14-6-4-11(8-15(14)20)5-7-17(25)23-13-3-1-2-12(9-13)18(26)22-10-16(21)24/h1-4,6,8-9H,5,7,10H2,(H2,21,24)(H,22,26)(H,23,25). The first-order valence-corrected chi connectivity index (χ1v) is 7.75. The number of carbonyl (C=O) groups excluding carboxylic acids is 3. The molecule has 3 amide bonds. The predicted molar refractivity (Wildman–Crippen MR) is 91.3 cm³/mol. The predicted octanol–water partition coefficient (Wildman–Crippen LogP) is 1.75. The van der Waals surface area contributed by atoms with Crippen LogP contribution in [0.1, 0.15) is 22.3 Å². The maximum atomic E-state index is 13.1. The Labute approximate surface area is 148 Å². The van der Waals surface area contributed by atoms with Crippen LogP contribution in [0.5, 0.6) is 0 Å². The van der Waals surface area contributed by atoms with Gasteiger partial charge >= 0.3 is 0 Å². The number of hydrogen-bond donors (Lipinski definition) is 3. The number of benzene rings is 2. The van der Waals surface area contributed by atoms with Gasteiger partial charge in [0.1, 0.15) is 0 Å². The van der Waals surface area contributed by atoms with Gasteiger partial charge in [-0.15, -0.1) is 0 Å². The second-order valence-corrected chi connectivity index (χ2v) is 5.53. The number of nitrogens with one attached hydrogen (secondary N) is 2. The van der Waals surface area contributed by atoms with Gasteiger partial charge in [0.25, 0.3) is 5.91 Å². The lowest BCUT2D eigenvalue weighted by atomic mass is 10.1. The second-order valence-electron chi connectivity index (χ2n) is 5.53. The molecule has 0 aromatic heterocycles. The molecule has 0 spiro atoms. The molecule has 0 aliphatic heterocycles. The highest BCUT2D eigenvalue weighted by Crippen LogP contribution is 2.13. The maximum Gasteiger partial charge on any atom is 0.251 e. The summed E-state index contributed by atoms with van der Waals surface area (Å²) in [4.78, 5) is 34.5. The summed E-state index contributed by atoms with van der Waals surface area (Å²) in [6, 6.07) is 9.61. The van der Waals surface area contributed by atoms with E-state index >= 15 is 0 Å². The van der Waals surface area contributed by atoms with Crippen LogP contribution < -0.4 is 16.4 Å². The summed E-state index contributed by atoms with van der Waals surface area (Å²) < 4.78 is 26.0. The Balaban J connectivity index is 1.92. The Morgan fingerprint density at radius 3 is 2.46 bits per heavy atom. The van der Waals surface area contributed by atoms with Gasteiger partial charge in [0.15, 0.2) is 11.6 Å². The third kappa shape index (κ3) is 5.66. The summed E-state index contributed by atoms with van der Waals surface area (Å²) in [5.41, 5.74) is 6.11. The van der Waals surface area contributed by atoms with Gasteiger partial charge < -0.3 is 16.4 Å². The van der Waals surface area contributed by atoms with Crippen molar-refractivity contribution in [3.63, 3.8) is 0 Å². The summed E-state index contributed by atoms with van der Waals surface area (Å²) in [5, 5.41) is 4.96. The van der Waals surface area contributed by atoms with E-state index in [1.54, 1.807) is 12.1 Å². The molecule has 0 heterocycles. The van der Waals surface area contributed by atoms with Crippen molar-refractivity contribution in [3.8, 4) is 0 Å². The van der Waals surface area contributed by atoms with E-state index in [-0.39, 0.29) is 30.9 Å². The van der Waals surface area contributed by atoms with Crippen LogP contribution in [0.25, 0.3) is 0 Å². The van der Waals surface area contributed by atoms with E-state index in [4.69, 9.17) is 5.73 Å². The van der Waals surface area contributed by atoms with Crippen LogP contribution in [0, 0.1) is 11.6 Å². The lowest BCUT2D eigenvalue weighted by Crippen LogP contribution is -2.33. The van der Waals surface area contributed by atoms with E-state index in [1.165, 1.54) is 18.2 Å². The number of rotatable bonds is 7. The minimum Gasteiger partial charge on any atom is -0.368 e. The molecule has 26 heavy (non-hydrogen) atoms. The molecule has 0 saturated heterocycles. The third-order valence-electron chi connectivity index (χ3n) is 3.46. The fourth-order valence-corrected chi connectivity index (χ4v) is 2.18. The number of primary amides is 1. The van der Waals surface area contributed by atoms with E-state index in [9.17, 15) is 23.2 Å². The Morgan fingerprint density at radius 2 is 1.77 bits per heavy atom. The molecule has 0 bridgehead atoms. The molecule has 0 unspecified atom stereocenters.